The molecule has 2 aromatic rings. The van der Waals surface area contributed by atoms with Gasteiger partial charge in [-0.15, -0.1) is 0 Å². The van der Waals surface area contributed by atoms with Crippen LogP contribution in [0.5, 0.6) is 0 Å². The van der Waals surface area contributed by atoms with Gasteiger partial charge in [0.25, 0.3) is 0 Å². The second kappa shape index (κ2) is 8.99. The van der Waals surface area contributed by atoms with Gasteiger partial charge in [0.15, 0.2) is 0 Å². The number of aliphatic carboxylic acids is 1. The molecule has 0 spiro atoms. The van der Waals surface area contributed by atoms with Crippen molar-refractivity contribution in [2.45, 2.75) is 12.8 Å². The molecule has 1 aliphatic rings. The Kier molecular flexibility index (Phi) is 6.65. The summed E-state index contributed by atoms with van der Waals surface area (Å²) in [7, 11) is 0. The molecule has 1 N–H and O–H groups in total. The van der Waals surface area contributed by atoms with Crippen molar-refractivity contribution >= 4 is 52.8 Å². The van der Waals surface area contributed by atoms with E-state index >= 15 is 0 Å². The summed E-state index contributed by atoms with van der Waals surface area (Å²) < 4.78 is 0. The fourth-order valence-electron chi connectivity index (χ4n) is 3.24. The maximum Gasteiger partial charge on any atom is 0.308 e. The first kappa shape index (κ1) is 20.7. The zero-order valence-electron chi connectivity index (χ0n) is 14.8. The highest BCUT2D eigenvalue weighted by Gasteiger charge is 2.27. The van der Waals surface area contributed by atoms with Crippen LogP contribution in [0.25, 0.3) is 17.2 Å². The van der Waals surface area contributed by atoms with Gasteiger partial charge in [0.05, 0.1) is 10.9 Å². The average Bonchev–Trinajstić information content (AvgIpc) is 2.67. The van der Waals surface area contributed by atoms with Crippen molar-refractivity contribution in [1.82, 2.24) is 4.90 Å². The first-order valence-electron chi connectivity index (χ1n) is 8.72. The second-order valence-electron chi connectivity index (χ2n) is 6.54. The monoisotopic (exact) mass is 436 g/mol. The van der Waals surface area contributed by atoms with E-state index in [1.807, 2.05) is 0 Å². The van der Waals surface area contributed by atoms with Crippen molar-refractivity contribution in [3.8, 4) is 11.1 Å². The number of piperidine rings is 1. The Morgan fingerprint density at radius 3 is 2.71 bits per heavy atom. The minimum absolute atomic E-state index is 0.220. The molecule has 1 fully saturated rings. The number of carbonyl (C=O) groups is 2. The molecule has 1 atom stereocenters. The van der Waals surface area contributed by atoms with Crippen molar-refractivity contribution in [3.63, 3.8) is 0 Å². The van der Waals surface area contributed by atoms with Gasteiger partial charge in [-0.3, -0.25) is 9.59 Å². The molecule has 0 saturated carbocycles. The minimum Gasteiger partial charge on any atom is -0.481 e. The van der Waals surface area contributed by atoms with Crippen LogP contribution in [0.2, 0.25) is 15.1 Å². The highest BCUT2D eigenvalue weighted by Crippen LogP contribution is 2.37. The van der Waals surface area contributed by atoms with E-state index in [0.29, 0.717) is 51.1 Å². The maximum atomic E-state index is 12.5. The molecule has 1 amide bonds. The van der Waals surface area contributed by atoms with Crippen LogP contribution in [0.15, 0.2) is 36.4 Å². The third kappa shape index (κ3) is 4.69. The van der Waals surface area contributed by atoms with Crippen LogP contribution < -0.4 is 0 Å². The Morgan fingerprint density at radius 2 is 2.00 bits per heavy atom. The van der Waals surface area contributed by atoms with Crippen molar-refractivity contribution in [1.29, 1.82) is 0 Å². The molecule has 1 saturated heterocycles. The molecule has 1 radical (unpaired) electrons. The predicted molar refractivity (Wildman–Crippen MR) is 112 cm³/mol. The minimum atomic E-state index is -0.869. The van der Waals surface area contributed by atoms with Crippen LogP contribution in [0.3, 0.4) is 0 Å². The molecule has 145 valence electrons. The lowest BCUT2D eigenvalue weighted by atomic mass is 9.97. The van der Waals surface area contributed by atoms with Gasteiger partial charge < -0.3 is 10.0 Å². The van der Waals surface area contributed by atoms with Crippen LogP contribution in [0, 0.1) is 12.0 Å². The summed E-state index contributed by atoms with van der Waals surface area (Å²) in [6.07, 6.45) is 4.36. The van der Waals surface area contributed by atoms with Gasteiger partial charge >= 0.3 is 5.97 Å². The molecule has 0 aromatic heterocycles. The molecular weight excluding hydrogens is 421 g/mol. The van der Waals surface area contributed by atoms with E-state index < -0.39 is 11.9 Å². The number of hydrogen-bond acceptors (Lipinski definition) is 2. The van der Waals surface area contributed by atoms with Crippen molar-refractivity contribution in [3.05, 3.63) is 63.1 Å². The number of carboxylic acid groups (broad SMARTS) is 1. The number of amides is 1. The number of carbonyl (C=O) groups excluding carboxylic acids is 1. The van der Waals surface area contributed by atoms with Crippen molar-refractivity contribution in [2.75, 3.05) is 13.1 Å². The summed E-state index contributed by atoms with van der Waals surface area (Å²) in [6.45, 7) is 0.768. The molecule has 1 aliphatic heterocycles. The third-order valence-electron chi connectivity index (χ3n) is 4.67. The number of rotatable bonds is 4. The summed E-state index contributed by atoms with van der Waals surface area (Å²) in [5, 5.41) is 10.5. The molecule has 3 rings (SSSR count). The number of benzene rings is 2. The Bertz CT molecular complexity index is 942. The van der Waals surface area contributed by atoms with Crippen LogP contribution >= 0.6 is 34.8 Å². The molecular formula is C21H17Cl3NO3. The van der Waals surface area contributed by atoms with E-state index in [0.717, 1.165) is 0 Å². The predicted octanol–water partition coefficient (Wildman–Crippen LogP) is 5.45. The summed E-state index contributed by atoms with van der Waals surface area (Å²) >= 11 is 18.7. The number of halogens is 3. The van der Waals surface area contributed by atoms with Crippen molar-refractivity contribution in [2.24, 2.45) is 5.92 Å². The third-order valence-corrected chi connectivity index (χ3v) is 5.52. The van der Waals surface area contributed by atoms with Gasteiger partial charge in [-0.05, 0) is 36.6 Å². The van der Waals surface area contributed by atoms with Gasteiger partial charge in [0, 0.05) is 46.4 Å². The number of likely N-dealkylation sites (tertiary alicyclic amines) is 1. The maximum absolute atomic E-state index is 12.5. The summed E-state index contributed by atoms with van der Waals surface area (Å²) in [6, 6.07) is 11.5. The van der Waals surface area contributed by atoms with Gasteiger partial charge in [-0.1, -0.05) is 53.0 Å². The van der Waals surface area contributed by atoms with Crippen LogP contribution in [-0.2, 0) is 9.59 Å². The van der Waals surface area contributed by atoms with E-state index in [-0.39, 0.29) is 12.5 Å². The van der Waals surface area contributed by atoms with E-state index in [9.17, 15) is 14.7 Å². The van der Waals surface area contributed by atoms with Crippen molar-refractivity contribution < 1.29 is 14.7 Å². The highest BCUT2D eigenvalue weighted by atomic mass is 35.5. The molecule has 7 heteroatoms. The number of carboxylic acids is 1. The summed E-state index contributed by atoms with van der Waals surface area (Å²) in [4.78, 5) is 25.3. The lowest BCUT2D eigenvalue weighted by Crippen LogP contribution is -2.41. The average molecular weight is 438 g/mol. The molecule has 0 bridgehead atoms. The lowest BCUT2D eigenvalue weighted by molar-refractivity contribution is -0.144. The van der Waals surface area contributed by atoms with E-state index in [4.69, 9.17) is 34.8 Å². The largest absolute Gasteiger partial charge is 0.481 e. The molecule has 1 heterocycles. The lowest BCUT2D eigenvalue weighted by Gasteiger charge is -2.29. The SMILES string of the molecule is O=C(O)C1CCCN(C(=O)/C=C/c2cc[c]c(Cl)c2-c2ccc(Cl)cc2Cl)C1. The topological polar surface area (TPSA) is 57.6 Å². The summed E-state index contributed by atoms with van der Waals surface area (Å²) in [5.74, 6) is -1.62. The van der Waals surface area contributed by atoms with Crippen LogP contribution in [0.1, 0.15) is 18.4 Å². The standard InChI is InChI=1S/C21H17Cl3NO3/c22-15-7-8-16(18(24)11-15)20-13(3-1-5-17(20)23)6-9-19(26)25-10-2-4-14(12-25)21(27)28/h1,3,6-9,11,14H,2,4,10,12H2,(H,27,28)/b9-6+. The van der Waals surface area contributed by atoms with E-state index in [1.165, 1.54) is 6.08 Å². The molecule has 28 heavy (non-hydrogen) atoms. The highest BCUT2D eigenvalue weighted by molar-refractivity contribution is 6.38. The van der Waals surface area contributed by atoms with Gasteiger partial charge in [0.2, 0.25) is 5.91 Å². The molecule has 2 aromatic carbocycles. The first-order chi connectivity index (χ1) is 13.4. The quantitative estimate of drug-likeness (QED) is 0.647. The van der Waals surface area contributed by atoms with Gasteiger partial charge in [-0.2, -0.15) is 0 Å². The Morgan fingerprint density at radius 1 is 1.21 bits per heavy atom. The molecule has 4 nitrogen and oxygen atoms in total. The Balaban J connectivity index is 1.87. The van der Waals surface area contributed by atoms with E-state index in [1.54, 1.807) is 41.3 Å². The van der Waals surface area contributed by atoms with Gasteiger partial charge in [-0.25, -0.2) is 0 Å². The normalized spacial score (nSPS) is 17.1. The van der Waals surface area contributed by atoms with E-state index in [2.05, 4.69) is 6.07 Å². The number of hydrogen-bond donors (Lipinski definition) is 1. The summed E-state index contributed by atoms with van der Waals surface area (Å²) in [5.41, 5.74) is 2.04. The first-order valence-corrected chi connectivity index (χ1v) is 9.85. The Hall–Kier alpha value is -2.01. The fourth-order valence-corrected chi connectivity index (χ4v) is 4.01. The van der Waals surface area contributed by atoms with Crippen LogP contribution in [-0.4, -0.2) is 35.0 Å². The molecule has 0 aliphatic carbocycles. The fraction of sp³-hybridized carbons (Fsp3) is 0.238. The van der Waals surface area contributed by atoms with Gasteiger partial charge in [0.1, 0.15) is 0 Å². The zero-order chi connectivity index (χ0) is 20.3. The number of nitrogens with zero attached hydrogens (tertiary/aromatic N) is 1. The Labute approximate surface area is 178 Å². The van der Waals surface area contributed by atoms with Crippen LogP contribution in [0.4, 0.5) is 0 Å². The second-order valence-corrected chi connectivity index (χ2v) is 7.76. The zero-order valence-corrected chi connectivity index (χ0v) is 17.1. The smallest absolute Gasteiger partial charge is 0.308 e. The molecule has 1 unspecified atom stereocenters.